The van der Waals surface area contributed by atoms with Gasteiger partial charge in [0.25, 0.3) is 5.56 Å². The van der Waals surface area contributed by atoms with Gasteiger partial charge in [0.2, 0.25) is 0 Å². The highest BCUT2D eigenvalue weighted by atomic mass is 79.9. The number of fused-ring (bicyclic) bond motifs is 1. The first kappa shape index (κ1) is 16.4. The third-order valence-electron chi connectivity index (χ3n) is 3.75. The Labute approximate surface area is 145 Å². The summed E-state index contributed by atoms with van der Waals surface area (Å²) in [6.07, 6.45) is -0.325. The van der Waals surface area contributed by atoms with Crippen molar-refractivity contribution in [2.75, 3.05) is 0 Å². The van der Waals surface area contributed by atoms with E-state index in [1.165, 1.54) is 28.8 Å². The Hall–Kier alpha value is -2.47. The van der Waals surface area contributed by atoms with Crippen LogP contribution in [0.5, 0.6) is 0 Å². The first-order valence-electron chi connectivity index (χ1n) is 7.22. The molecule has 1 N–H and O–H groups in total. The molecule has 3 rings (SSSR count). The number of halogens is 2. The van der Waals surface area contributed by atoms with Crippen LogP contribution in [0, 0.1) is 5.82 Å². The van der Waals surface area contributed by atoms with E-state index in [0.717, 1.165) is 10.0 Å². The zero-order chi connectivity index (χ0) is 17.3. The predicted molar refractivity (Wildman–Crippen MR) is 92.7 cm³/mol. The fourth-order valence-corrected chi connectivity index (χ4v) is 2.93. The lowest BCUT2D eigenvalue weighted by Gasteiger charge is -2.13. The summed E-state index contributed by atoms with van der Waals surface area (Å²) in [5.74, 6) is -1.53. The number of aromatic nitrogens is 1. The largest absolute Gasteiger partial charge is 0.481 e. The van der Waals surface area contributed by atoms with Crippen LogP contribution in [0.3, 0.4) is 0 Å². The summed E-state index contributed by atoms with van der Waals surface area (Å²) in [6, 6.07) is 12.8. The van der Waals surface area contributed by atoms with Crippen molar-refractivity contribution in [3.8, 4) is 0 Å². The lowest BCUT2D eigenvalue weighted by molar-refractivity contribution is -0.136. The number of hydrogen-bond acceptors (Lipinski definition) is 2. The van der Waals surface area contributed by atoms with Crippen LogP contribution in [0.15, 0.2) is 57.8 Å². The third kappa shape index (κ3) is 3.38. The normalized spacial score (nSPS) is 10.9. The van der Waals surface area contributed by atoms with Gasteiger partial charge in [0.05, 0.1) is 18.5 Å². The number of carboxylic acids is 1. The van der Waals surface area contributed by atoms with Gasteiger partial charge in [0.15, 0.2) is 0 Å². The fraction of sp³-hybridized carbons (Fsp3) is 0.111. The van der Waals surface area contributed by atoms with Crippen molar-refractivity contribution in [1.82, 2.24) is 4.57 Å². The summed E-state index contributed by atoms with van der Waals surface area (Å²) in [4.78, 5) is 23.5. The Morgan fingerprint density at radius 1 is 1.12 bits per heavy atom. The molecule has 0 aliphatic carbocycles. The van der Waals surface area contributed by atoms with E-state index in [1.54, 1.807) is 0 Å². The molecule has 24 heavy (non-hydrogen) atoms. The highest BCUT2D eigenvalue weighted by Gasteiger charge is 2.12. The molecule has 4 nitrogen and oxygen atoms in total. The molecule has 0 amide bonds. The molecule has 0 saturated heterocycles. The molecule has 3 aromatic rings. The second-order valence-corrected chi connectivity index (χ2v) is 6.37. The molecule has 1 heterocycles. The maximum absolute atomic E-state index is 13.6. The van der Waals surface area contributed by atoms with Gasteiger partial charge in [-0.2, -0.15) is 0 Å². The zero-order valence-corrected chi connectivity index (χ0v) is 14.1. The quantitative estimate of drug-likeness (QED) is 0.741. The highest BCUT2D eigenvalue weighted by molar-refractivity contribution is 9.10. The van der Waals surface area contributed by atoms with E-state index in [2.05, 4.69) is 15.9 Å². The number of hydrogen-bond donors (Lipinski definition) is 1. The van der Waals surface area contributed by atoms with Crippen molar-refractivity contribution in [3.63, 3.8) is 0 Å². The fourth-order valence-electron chi connectivity index (χ4n) is 2.67. The number of pyridine rings is 1. The molecule has 0 atom stereocenters. The highest BCUT2D eigenvalue weighted by Crippen LogP contribution is 2.20. The van der Waals surface area contributed by atoms with Crippen LogP contribution < -0.4 is 5.56 Å². The minimum absolute atomic E-state index is 0.312. The van der Waals surface area contributed by atoms with Gasteiger partial charge in [-0.25, -0.2) is 4.39 Å². The number of carboxylic acid groups (broad SMARTS) is 1. The van der Waals surface area contributed by atoms with Gasteiger partial charge >= 0.3 is 5.97 Å². The van der Waals surface area contributed by atoms with Crippen LogP contribution >= 0.6 is 15.9 Å². The van der Waals surface area contributed by atoms with Crippen molar-refractivity contribution in [2.45, 2.75) is 13.0 Å². The summed E-state index contributed by atoms with van der Waals surface area (Å²) < 4.78 is 16.1. The van der Waals surface area contributed by atoms with Crippen molar-refractivity contribution < 1.29 is 14.3 Å². The van der Waals surface area contributed by atoms with E-state index in [1.807, 2.05) is 24.3 Å². The minimum atomic E-state index is -1.06. The molecule has 2 aromatic carbocycles. The summed E-state index contributed by atoms with van der Waals surface area (Å²) in [6.45, 7) is 0.321. The average Bonchev–Trinajstić information content (AvgIpc) is 2.52. The smallest absolute Gasteiger partial charge is 0.307 e. The Balaban J connectivity index is 2.17. The average molecular weight is 390 g/mol. The van der Waals surface area contributed by atoms with E-state index in [0.29, 0.717) is 23.0 Å². The predicted octanol–water partition coefficient (Wildman–Crippen LogP) is 3.58. The minimum Gasteiger partial charge on any atom is -0.481 e. The number of benzene rings is 2. The molecule has 122 valence electrons. The van der Waals surface area contributed by atoms with Crippen molar-refractivity contribution >= 4 is 32.8 Å². The van der Waals surface area contributed by atoms with E-state index in [9.17, 15) is 14.0 Å². The molecule has 0 aliphatic rings. The Bertz CT molecular complexity index is 980. The first-order valence-corrected chi connectivity index (χ1v) is 8.01. The molecule has 0 aliphatic heterocycles. The molecule has 1 aromatic heterocycles. The van der Waals surface area contributed by atoms with E-state index in [-0.39, 0.29) is 12.0 Å². The standard InChI is InChI=1S/C18H13BrFNO3/c19-13-3-1-11(2-4-13)10-21-16-6-5-14(20)9-15(16)12(7-17(21)22)8-18(23)24/h1-7,9H,8,10H2,(H,23,24). The molecule has 0 spiro atoms. The lowest BCUT2D eigenvalue weighted by atomic mass is 10.1. The molecule has 0 bridgehead atoms. The molecule has 0 saturated carbocycles. The molecule has 6 heteroatoms. The lowest BCUT2D eigenvalue weighted by Crippen LogP contribution is -2.22. The van der Waals surface area contributed by atoms with Gasteiger partial charge in [-0.05, 0) is 41.5 Å². The molecule has 0 unspecified atom stereocenters. The summed E-state index contributed by atoms with van der Waals surface area (Å²) >= 11 is 3.36. The SMILES string of the molecule is O=C(O)Cc1cc(=O)n(Cc2ccc(Br)cc2)c2ccc(F)cc12. The van der Waals surface area contributed by atoms with Crippen LogP contribution in [0.4, 0.5) is 4.39 Å². The van der Waals surface area contributed by atoms with Crippen LogP contribution in [0.25, 0.3) is 10.9 Å². The van der Waals surface area contributed by atoms with Crippen molar-refractivity contribution in [3.05, 3.63) is 80.3 Å². The second-order valence-electron chi connectivity index (χ2n) is 5.45. The van der Waals surface area contributed by atoms with Gasteiger partial charge in [-0.15, -0.1) is 0 Å². The number of aliphatic carboxylic acids is 1. The summed E-state index contributed by atoms with van der Waals surface area (Å²) in [5.41, 5.74) is 1.43. The number of rotatable bonds is 4. The van der Waals surface area contributed by atoms with E-state index < -0.39 is 11.8 Å². The Morgan fingerprint density at radius 2 is 1.83 bits per heavy atom. The first-order chi connectivity index (χ1) is 11.4. The molecular weight excluding hydrogens is 377 g/mol. The van der Waals surface area contributed by atoms with Crippen LogP contribution in [0.2, 0.25) is 0 Å². The summed E-state index contributed by atoms with van der Waals surface area (Å²) in [7, 11) is 0. The van der Waals surface area contributed by atoms with Crippen molar-refractivity contribution in [1.29, 1.82) is 0 Å². The molecule has 0 fully saturated rings. The molecular formula is C18H13BrFNO3. The van der Waals surface area contributed by atoms with Gasteiger partial charge in [0, 0.05) is 15.9 Å². The van der Waals surface area contributed by atoms with Gasteiger partial charge in [-0.1, -0.05) is 28.1 Å². The number of carbonyl (C=O) groups is 1. The van der Waals surface area contributed by atoms with Gasteiger partial charge in [0.1, 0.15) is 5.82 Å². The maximum Gasteiger partial charge on any atom is 0.307 e. The second kappa shape index (κ2) is 6.57. The monoisotopic (exact) mass is 389 g/mol. The van der Waals surface area contributed by atoms with Crippen molar-refractivity contribution in [2.24, 2.45) is 0 Å². The Kier molecular flexibility index (Phi) is 4.49. The van der Waals surface area contributed by atoms with E-state index in [4.69, 9.17) is 5.11 Å². The maximum atomic E-state index is 13.6. The topological polar surface area (TPSA) is 59.3 Å². The van der Waals surface area contributed by atoms with Crippen LogP contribution in [-0.2, 0) is 17.8 Å². The van der Waals surface area contributed by atoms with Crippen LogP contribution in [-0.4, -0.2) is 15.6 Å². The van der Waals surface area contributed by atoms with Gasteiger partial charge < -0.3 is 9.67 Å². The molecule has 0 radical (unpaired) electrons. The van der Waals surface area contributed by atoms with Gasteiger partial charge in [-0.3, -0.25) is 9.59 Å². The summed E-state index contributed by atoms with van der Waals surface area (Å²) in [5, 5.41) is 9.45. The van der Waals surface area contributed by atoms with E-state index >= 15 is 0 Å². The van der Waals surface area contributed by atoms with Crippen LogP contribution in [0.1, 0.15) is 11.1 Å². The Morgan fingerprint density at radius 3 is 2.50 bits per heavy atom. The number of nitrogens with zero attached hydrogens (tertiary/aromatic N) is 1. The third-order valence-corrected chi connectivity index (χ3v) is 4.28. The zero-order valence-electron chi connectivity index (χ0n) is 12.5.